The number of esters is 1. The van der Waals surface area contributed by atoms with Crippen LogP contribution in [0.3, 0.4) is 0 Å². The molecular weight excluding hydrogens is 216 g/mol. The quantitative estimate of drug-likeness (QED) is 0.283. The predicted molar refractivity (Wildman–Crippen MR) is 69.6 cm³/mol. The lowest BCUT2D eigenvalue weighted by atomic mass is 10.1. The maximum Gasteiger partial charge on any atom is 0.310 e. The van der Waals surface area contributed by atoms with E-state index in [1.807, 2.05) is 0 Å². The minimum atomic E-state index is -0.488. The summed E-state index contributed by atoms with van der Waals surface area (Å²) in [5.41, 5.74) is 0. The molecule has 0 aromatic carbocycles. The Kier molecular flexibility index (Phi) is 10.4. The maximum absolute atomic E-state index is 10.5. The lowest BCUT2D eigenvalue weighted by Gasteiger charge is -1.98. The van der Waals surface area contributed by atoms with Crippen molar-refractivity contribution in [2.75, 3.05) is 0 Å². The lowest BCUT2D eigenvalue weighted by Crippen LogP contribution is -1.97. The highest BCUT2D eigenvalue weighted by Crippen LogP contribution is 2.05. The van der Waals surface area contributed by atoms with Crippen molar-refractivity contribution in [1.29, 1.82) is 0 Å². The third-order valence-electron chi connectivity index (χ3n) is 2.28. The van der Waals surface area contributed by atoms with Gasteiger partial charge in [-0.3, -0.25) is 4.79 Å². The van der Waals surface area contributed by atoms with E-state index in [-0.39, 0.29) is 5.95 Å². The molecule has 0 saturated carbocycles. The fraction of sp³-hybridized carbons (Fsp3) is 0.643. The van der Waals surface area contributed by atoms with E-state index < -0.39 is 5.97 Å². The lowest BCUT2D eigenvalue weighted by molar-refractivity contribution is -0.140. The maximum atomic E-state index is 10.5. The molecule has 0 rings (SSSR count). The molecule has 1 N–H and O–H groups in total. The van der Waals surface area contributed by atoms with Gasteiger partial charge in [-0.2, -0.15) is 0 Å². The Morgan fingerprint density at radius 1 is 1.12 bits per heavy atom. The second kappa shape index (κ2) is 11.2. The van der Waals surface area contributed by atoms with E-state index >= 15 is 0 Å². The van der Waals surface area contributed by atoms with E-state index in [2.05, 4.69) is 23.8 Å². The van der Waals surface area contributed by atoms with Crippen LogP contribution in [0.25, 0.3) is 0 Å². The van der Waals surface area contributed by atoms with Crippen LogP contribution in [0, 0.1) is 0 Å². The summed E-state index contributed by atoms with van der Waals surface area (Å²) in [6, 6.07) is 0. The zero-order valence-corrected chi connectivity index (χ0v) is 10.9. The average Bonchev–Trinajstić information content (AvgIpc) is 2.26. The molecule has 17 heavy (non-hydrogen) atoms. The third-order valence-corrected chi connectivity index (χ3v) is 2.28. The predicted octanol–water partition coefficient (Wildman–Crippen LogP) is 4.26. The second-order valence-electron chi connectivity index (χ2n) is 4.03. The first kappa shape index (κ1) is 15.8. The Hall–Kier alpha value is -1.25. The van der Waals surface area contributed by atoms with Crippen LogP contribution < -0.4 is 0 Å². The smallest absolute Gasteiger partial charge is 0.310 e. The highest BCUT2D eigenvalue weighted by molar-refractivity contribution is 5.66. The van der Waals surface area contributed by atoms with Crippen LogP contribution in [0.4, 0.5) is 0 Å². The summed E-state index contributed by atoms with van der Waals surface area (Å²) in [7, 11) is 0. The summed E-state index contributed by atoms with van der Waals surface area (Å²) in [5.74, 6) is -0.770. The van der Waals surface area contributed by atoms with Crippen molar-refractivity contribution in [2.24, 2.45) is 0 Å². The van der Waals surface area contributed by atoms with E-state index in [4.69, 9.17) is 5.11 Å². The number of unbranched alkanes of at least 4 members (excludes halogenated alkanes) is 5. The van der Waals surface area contributed by atoms with E-state index in [0.717, 1.165) is 25.7 Å². The zero-order valence-electron chi connectivity index (χ0n) is 10.9. The minimum absolute atomic E-state index is 0.281. The van der Waals surface area contributed by atoms with Crippen LogP contribution in [-0.4, -0.2) is 11.1 Å². The van der Waals surface area contributed by atoms with Crippen LogP contribution in [0.5, 0.6) is 0 Å². The summed E-state index contributed by atoms with van der Waals surface area (Å²) in [4.78, 5) is 10.5. The number of carbonyl (C=O) groups is 1. The number of rotatable bonds is 9. The zero-order chi connectivity index (χ0) is 12.9. The topological polar surface area (TPSA) is 46.5 Å². The van der Waals surface area contributed by atoms with Gasteiger partial charge >= 0.3 is 5.97 Å². The van der Waals surface area contributed by atoms with Gasteiger partial charge in [0.2, 0.25) is 0 Å². The molecule has 0 spiro atoms. The molecule has 0 atom stereocenters. The molecule has 0 aromatic rings. The number of hydrogen-bond donors (Lipinski definition) is 1. The summed E-state index contributed by atoms with van der Waals surface area (Å²) in [5, 5.41) is 9.12. The van der Waals surface area contributed by atoms with Gasteiger partial charge in [0.1, 0.15) is 0 Å². The molecule has 98 valence electrons. The summed E-state index contributed by atoms with van der Waals surface area (Å²) in [6.45, 7) is 3.46. The largest absolute Gasteiger partial charge is 0.481 e. The van der Waals surface area contributed by atoms with Crippen molar-refractivity contribution in [1.82, 2.24) is 0 Å². The van der Waals surface area contributed by atoms with Crippen LogP contribution >= 0.6 is 0 Å². The van der Waals surface area contributed by atoms with Gasteiger partial charge in [0.15, 0.2) is 0 Å². The number of carbonyl (C=O) groups excluding carboxylic acids is 1. The van der Waals surface area contributed by atoms with Gasteiger partial charge in [-0.1, -0.05) is 31.9 Å². The molecule has 0 aliphatic rings. The second-order valence-corrected chi connectivity index (χ2v) is 4.03. The molecule has 0 unspecified atom stereocenters. The third kappa shape index (κ3) is 12.7. The van der Waals surface area contributed by atoms with Gasteiger partial charge in [0.05, 0.1) is 0 Å². The number of hydrogen-bond acceptors (Lipinski definition) is 3. The Bertz CT molecular complexity index is 254. The number of ether oxygens (including phenoxy) is 1. The molecule has 0 radical (unpaired) electrons. The Morgan fingerprint density at radius 3 is 2.29 bits per heavy atom. The Balaban J connectivity index is 3.39. The Morgan fingerprint density at radius 2 is 1.71 bits per heavy atom. The Labute approximate surface area is 104 Å². The normalized spacial score (nSPS) is 12.0. The van der Waals surface area contributed by atoms with Crippen molar-refractivity contribution >= 4 is 5.97 Å². The standard InChI is InChI=1S/C14H24O3/c1-3-4-5-6-7-8-9-10-11-12-14(16)17-13(2)15/h6-7,12,16H,3-5,8-11H2,1-2H3/b7-6-,14-12-. The molecule has 0 aliphatic carbocycles. The molecule has 0 fully saturated rings. The molecular formula is C14H24O3. The van der Waals surface area contributed by atoms with Gasteiger partial charge in [-0.05, 0) is 38.2 Å². The van der Waals surface area contributed by atoms with Gasteiger partial charge in [-0.25, -0.2) is 0 Å². The van der Waals surface area contributed by atoms with E-state index in [0.29, 0.717) is 0 Å². The first-order valence-corrected chi connectivity index (χ1v) is 6.39. The first-order valence-electron chi connectivity index (χ1n) is 6.39. The average molecular weight is 240 g/mol. The van der Waals surface area contributed by atoms with Gasteiger partial charge in [0, 0.05) is 6.92 Å². The fourth-order valence-corrected chi connectivity index (χ4v) is 1.38. The highest BCUT2D eigenvalue weighted by atomic mass is 16.6. The molecule has 0 aliphatic heterocycles. The fourth-order valence-electron chi connectivity index (χ4n) is 1.38. The first-order chi connectivity index (χ1) is 8.16. The molecule has 0 bridgehead atoms. The van der Waals surface area contributed by atoms with E-state index in [1.165, 1.54) is 26.2 Å². The monoisotopic (exact) mass is 240 g/mol. The van der Waals surface area contributed by atoms with Crippen molar-refractivity contribution in [3.63, 3.8) is 0 Å². The minimum Gasteiger partial charge on any atom is -0.481 e. The van der Waals surface area contributed by atoms with Crippen molar-refractivity contribution < 1.29 is 14.6 Å². The number of allylic oxidation sites excluding steroid dienone is 3. The SMILES string of the molecule is CCCC/C=C\CCCC/C=C(/O)OC(C)=O. The number of aliphatic hydroxyl groups is 1. The summed E-state index contributed by atoms with van der Waals surface area (Å²) >= 11 is 0. The molecule has 0 amide bonds. The van der Waals surface area contributed by atoms with Gasteiger partial charge < -0.3 is 9.84 Å². The van der Waals surface area contributed by atoms with Crippen molar-refractivity contribution in [2.45, 2.75) is 58.8 Å². The van der Waals surface area contributed by atoms with Crippen molar-refractivity contribution in [3.8, 4) is 0 Å². The number of aliphatic hydroxyl groups excluding tert-OH is 1. The van der Waals surface area contributed by atoms with Crippen LogP contribution in [0.1, 0.15) is 58.8 Å². The van der Waals surface area contributed by atoms with Crippen LogP contribution in [-0.2, 0) is 9.53 Å². The van der Waals surface area contributed by atoms with E-state index in [9.17, 15) is 4.79 Å². The van der Waals surface area contributed by atoms with Crippen LogP contribution in [0.2, 0.25) is 0 Å². The molecule has 0 heterocycles. The summed E-state index contributed by atoms with van der Waals surface area (Å²) < 4.78 is 4.49. The van der Waals surface area contributed by atoms with E-state index in [1.54, 1.807) is 6.08 Å². The van der Waals surface area contributed by atoms with Crippen molar-refractivity contribution in [3.05, 3.63) is 24.2 Å². The molecule has 3 nitrogen and oxygen atoms in total. The van der Waals surface area contributed by atoms with Gasteiger partial charge in [-0.15, -0.1) is 0 Å². The molecule has 0 saturated heterocycles. The van der Waals surface area contributed by atoms with Crippen LogP contribution in [0.15, 0.2) is 24.2 Å². The highest BCUT2D eigenvalue weighted by Gasteiger charge is 1.96. The van der Waals surface area contributed by atoms with Gasteiger partial charge in [0.25, 0.3) is 5.95 Å². The molecule has 0 aromatic heterocycles. The molecule has 3 heteroatoms. The summed E-state index contributed by atoms with van der Waals surface area (Å²) in [6.07, 6.45) is 13.6.